The predicted molar refractivity (Wildman–Crippen MR) is 234 cm³/mol. The smallest absolute Gasteiger partial charge is 0.164 e. The van der Waals surface area contributed by atoms with Crippen LogP contribution >= 0.6 is 0 Å². The van der Waals surface area contributed by atoms with E-state index in [0.717, 1.165) is 55.1 Å². The van der Waals surface area contributed by atoms with Crippen LogP contribution in [-0.2, 0) is 0 Å². The van der Waals surface area contributed by atoms with Gasteiger partial charge in [0.15, 0.2) is 17.5 Å². The highest BCUT2D eigenvalue weighted by atomic mass is 16.3. The van der Waals surface area contributed by atoms with E-state index in [1.54, 1.807) is 0 Å². The summed E-state index contributed by atoms with van der Waals surface area (Å²) in [6.07, 6.45) is 0. The third kappa shape index (κ3) is 5.12. The second-order valence-electron chi connectivity index (χ2n) is 14.8. The van der Waals surface area contributed by atoms with Crippen LogP contribution in [0.1, 0.15) is 0 Å². The molecule has 1 aliphatic rings. The van der Waals surface area contributed by atoms with Crippen molar-refractivity contribution < 1.29 is 4.42 Å². The second-order valence-corrected chi connectivity index (χ2v) is 14.8. The van der Waals surface area contributed by atoms with E-state index in [1.807, 2.05) is 30.3 Å². The SMILES string of the molecule is c1cc(-c2cccc(-c3ccc4c5c(cccc35)-c3ccccc3-4)c2)cc(-c2nc(-c3ccc4ccccc4c3)nc(-c3ccc4oc5ccccc5c4c3)n2)c1. The number of para-hydroxylation sites is 1. The van der Waals surface area contributed by atoms with Gasteiger partial charge in [-0.05, 0) is 109 Å². The van der Waals surface area contributed by atoms with E-state index in [1.165, 1.54) is 49.5 Å². The molecule has 4 nitrogen and oxygen atoms in total. The van der Waals surface area contributed by atoms with Gasteiger partial charge in [-0.15, -0.1) is 0 Å². The molecule has 12 rings (SSSR count). The van der Waals surface area contributed by atoms with Gasteiger partial charge in [-0.25, -0.2) is 15.0 Å². The number of aromatic nitrogens is 3. The van der Waals surface area contributed by atoms with Gasteiger partial charge in [0.05, 0.1) is 0 Å². The molecule has 2 heterocycles. The number of nitrogens with zero attached hydrogens (tertiary/aromatic N) is 3. The van der Waals surface area contributed by atoms with Gasteiger partial charge in [0, 0.05) is 27.5 Å². The standard InChI is InChI=1S/C53H31N3O/c1-2-11-33-29-38(23-22-32(33)10-1)52-54-51(55-53(56-52)39-24-27-49-47(31-39)43-18-5-6-21-48(43)57-49)37-15-8-13-35(30-37)34-12-7-14-36(28-34)40-25-26-46-42-17-4-3-16-41(42)45-20-9-19-44(40)50(45)46/h1-31H. The molecule has 2 aromatic heterocycles. The molecule has 0 unspecified atom stereocenters. The zero-order valence-corrected chi connectivity index (χ0v) is 30.6. The first-order valence-electron chi connectivity index (χ1n) is 19.3. The minimum atomic E-state index is 0.608. The summed E-state index contributed by atoms with van der Waals surface area (Å²) in [5, 5.41) is 7.00. The Labute approximate surface area is 328 Å². The quantitative estimate of drug-likeness (QED) is 0.177. The zero-order chi connectivity index (χ0) is 37.5. The van der Waals surface area contributed by atoms with Crippen molar-refractivity contribution in [3.8, 4) is 78.7 Å². The molecular weight excluding hydrogens is 695 g/mol. The molecule has 57 heavy (non-hydrogen) atoms. The predicted octanol–water partition coefficient (Wildman–Crippen LogP) is 14.1. The summed E-state index contributed by atoms with van der Waals surface area (Å²) in [6, 6.07) is 66.5. The lowest BCUT2D eigenvalue weighted by molar-refractivity contribution is 0.669. The molecule has 0 N–H and O–H groups in total. The average Bonchev–Trinajstić information content (AvgIpc) is 3.82. The van der Waals surface area contributed by atoms with Crippen LogP contribution in [0.15, 0.2) is 192 Å². The first kappa shape index (κ1) is 31.6. The van der Waals surface area contributed by atoms with Gasteiger partial charge in [-0.1, -0.05) is 146 Å². The topological polar surface area (TPSA) is 51.8 Å². The van der Waals surface area contributed by atoms with E-state index in [9.17, 15) is 0 Å². The van der Waals surface area contributed by atoms with E-state index in [0.29, 0.717) is 17.5 Å². The molecule has 0 aliphatic heterocycles. The molecule has 0 saturated carbocycles. The Morgan fingerprint density at radius 2 is 0.807 bits per heavy atom. The van der Waals surface area contributed by atoms with Crippen molar-refractivity contribution in [3.63, 3.8) is 0 Å². The molecule has 0 bridgehead atoms. The molecule has 11 aromatic rings. The first-order chi connectivity index (χ1) is 28.2. The number of hydrogen-bond acceptors (Lipinski definition) is 4. The summed E-state index contributed by atoms with van der Waals surface area (Å²) in [6.45, 7) is 0. The largest absolute Gasteiger partial charge is 0.456 e. The molecule has 0 saturated heterocycles. The second kappa shape index (κ2) is 12.4. The Balaban J connectivity index is 0.980. The van der Waals surface area contributed by atoms with Crippen molar-refractivity contribution in [1.82, 2.24) is 15.0 Å². The van der Waals surface area contributed by atoms with Crippen molar-refractivity contribution in [2.45, 2.75) is 0 Å². The lowest BCUT2D eigenvalue weighted by Gasteiger charge is -2.12. The first-order valence-corrected chi connectivity index (χ1v) is 19.3. The number of fused-ring (bicyclic) bond motifs is 7. The summed E-state index contributed by atoms with van der Waals surface area (Å²) in [4.78, 5) is 15.4. The number of furan rings is 1. The van der Waals surface area contributed by atoms with Gasteiger partial charge in [0.2, 0.25) is 0 Å². The Hall–Kier alpha value is -7.69. The summed E-state index contributed by atoms with van der Waals surface area (Å²) in [7, 11) is 0. The van der Waals surface area contributed by atoms with Gasteiger partial charge in [0.25, 0.3) is 0 Å². The van der Waals surface area contributed by atoms with Gasteiger partial charge in [0.1, 0.15) is 11.2 Å². The molecule has 1 aliphatic carbocycles. The molecule has 0 spiro atoms. The highest BCUT2D eigenvalue weighted by Gasteiger charge is 2.22. The molecule has 0 fully saturated rings. The summed E-state index contributed by atoms with van der Waals surface area (Å²) in [5.41, 5.74) is 14.3. The van der Waals surface area contributed by atoms with Crippen LogP contribution in [0.4, 0.5) is 0 Å². The normalized spacial score (nSPS) is 11.9. The summed E-state index contributed by atoms with van der Waals surface area (Å²) >= 11 is 0. The zero-order valence-electron chi connectivity index (χ0n) is 30.6. The van der Waals surface area contributed by atoms with Crippen LogP contribution in [-0.4, -0.2) is 15.0 Å². The van der Waals surface area contributed by atoms with E-state index < -0.39 is 0 Å². The van der Waals surface area contributed by atoms with Gasteiger partial charge in [-0.3, -0.25) is 0 Å². The Bertz CT molecular complexity index is 3400. The number of benzene rings is 9. The maximum Gasteiger partial charge on any atom is 0.164 e. The fourth-order valence-corrected chi connectivity index (χ4v) is 8.72. The Kier molecular flexibility index (Phi) is 6.89. The Morgan fingerprint density at radius 3 is 1.61 bits per heavy atom. The van der Waals surface area contributed by atoms with Crippen LogP contribution in [0.25, 0.3) is 122 Å². The van der Waals surface area contributed by atoms with Crippen molar-refractivity contribution >= 4 is 43.5 Å². The third-order valence-electron chi connectivity index (χ3n) is 11.5. The molecule has 0 atom stereocenters. The van der Waals surface area contributed by atoms with Crippen LogP contribution < -0.4 is 0 Å². The summed E-state index contributed by atoms with van der Waals surface area (Å²) < 4.78 is 6.16. The fraction of sp³-hybridized carbons (Fsp3) is 0. The average molecular weight is 726 g/mol. The molecule has 264 valence electrons. The van der Waals surface area contributed by atoms with Crippen LogP contribution in [0.5, 0.6) is 0 Å². The molecule has 0 amide bonds. The highest BCUT2D eigenvalue weighted by Crippen LogP contribution is 2.49. The Morgan fingerprint density at radius 1 is 0.281 bits per heavy atom. The maximum absolute atomic E-state index is 6.16. The van der Waals surface area contributed by atoms with Crippen LogP contribution in [0, 0.1) is 0 Å². The maximum atomic E-state index is 6.16. The van der Waals surface area contributed by atoms with E-state index in [4.69, 9.17) is 19.4 Å². The number of hydrogen-bond donors (Lipinski definition) is 0. The molecule has 4 heteroatoms. The minimum Gasteiger partial charge on any atom is -0.456 e. The van der Waals surface area contributed by atoms with E-state index >= 15 is 0 Å². The molecular formula is C53H31N3O. The molecule has 0 radical (unpaired) electrons. The number of rotatable bonds is 5. The monoisotopic (exact) mass is 725 g/mol. The van der Waals surface area contributed by atoms with Gasteiger partial charge in [-0.2, -0.15) is 0 Å². The van der Waals surface area contributed by atoms with Crippen molar-refractivity contribution in [1.29, 1.82) is 0 Å². The van der Waals surface area contributed by atoms with Crippen LogP contribution in [0.3, 0.4) is 0 Å². The van der Waals surface area contributed by atoms with E-state index in [-0.39, 0.29) is 0 Å². The van der Waals surface area contributed by atoms with Crippen molar-refractivity contribution in [3.05, 3.63) is 188 Å². The highest BCUT2D eigenvalue weighted by molar-refractivity contribution is 6.18. The van der Waals surface area contributed by atoms with Crippen molar-refractivity contribution in [2.24, 2.45) is 0 Å². The minimum absolute atomic E-state index is 0.608. The lowest BCUT2D eigenvalue weighted by Crippen LogP contribution is -2.00. The fourth-order valence-electron chi connectivity index (χ4n) is 8.72. The van der Waals surface area contributed by atoms with Gasteiger partial charge >= 0.3 is 0 Å². The van der Waals surface area contributed by atoms with Crippen molar-refractivity contribution in [2.75, 3.05) is 0 Å². The van der Waals surface area contributed by atoms with Crippen LogP contribution in [0.2, 0.25) is 0 Å². The van der Waals surface area contributed by atoms with Gasteiger partial charge < -0.3 is 4.42 Å². The van der Waals surface area contributed by atoms with E-state index in [2.05, 4.69) is 158 Å². The molecule has 9 aromatic carbocycles. The lowest BCUT2D eigenvalue weighted by atomic mass is 9.92. The summed E-state index contributed by atoms with van der Waals surface area (Å²) in [5.74, 6) is 1.85. The third-order valence-corrected chi connectivity index (χ3v) is 11.5.